The molecule has 1 aromatic heterocycles. The number of amides is 1. The Labute approximate surface area is 163 Å². The first-order valence-corrected chi connectivity index (χ1v) is 10.5. The summed E-state index contributed by atoms with van der Waals surface area (Å²) in [6, 6.07) is 15.1. The Bertz CT molecular complexity index is 1010. The van der Waals surface area contributed by atoms with Crippen LogP contribution < -0.4 is 0 Å². The summed E-state index contributed by atoms with van der Waals surface area (Å²) in [5, 5.41) is 1.13. The number of rotatable bonds is 3. The summed E-state index contributed by atoms with van der Waals surface area (Å²) in [4.78, 5) is 22.0. The van der Waals surface area contributed by atoms with Gasteiger partial charge in [-0.2, -0.15) is 0 Å². The largest absolute Gasteiger partial charge is 0.335 e. The van der Waals surface area contributed by atoms with Gasteiger partial charge in [0.2, 0.25) is 0 Å². The van der Waals surface area contributed by atoms with Gasteiger partial charge >= 0.3 is 0 Å². The number of aryl methyl sites for hydroxylation is 1. The molecule has 0 radical (unpaired) electrons. The Balaban J connectivity index is 1.25. The molecule has 4 nitrogen and oxygen atoms in total. The molecule has 2 aromatic carbocycles. The van der Waals surface area contributed by atoms with E-state index in [1.807, 2.05) is 23.1 Å². The molecule has 3 heterocycles. The topological polar surface area (TPSA) is 36.4 Å². The van der Waals surface area contributed by atoms with E-state index in [2.05, 4.69) is 41.1 Å². The minimum atomic E-state index is 0.150. The van der Waals surface area contributed by atoms with Crippen LogP contribution in [0.3, 0.4) is 0 Å². The van der Waals surface area contributed by atoms with E-state index in [0.29, 0.717) is 6.04 Å². The van der Waals surface area contributed by atoms with Gasteiger partial charge in [0.15, 0.2) is 0 Å². The van der Waals surface area contributed by atoms with Crippen molar-refractivity contribution in [2.24, 2.45) is 0 Å². The second-order valence-corrected chi connectivity index (χ2v) is 8.61. The van der Waals surface area contributed by atoms with E-state index in [1.54, 1.807) is 11.3 Å². The first kappa shape index (κ1) is 16.9. The molecule has 0 saturated carbocycles. The van der Waals surface area contributed by atoms with Gasteiger partial charge in [-0.05, 0) is 42.2 Å². The fourth-order valence-electron chi connectivity index (χ4n) is 4.12. The van der Waals surface area contributed by atoms with Crippen LogP contribution in [0.1, 0.15) is 33.4 Å². The number of benzene rings is 2. The lowest BCUT2D eigenvalue weighted by Crippen LogP contribution is -2.61. The molecule has 0 N–H and O–H groups in total. The van der Waals surface area contributed by atoms with Crippen LogP contribution in [0.2, 0.25) is 0 Å². The smallest absolute Gasteiger partial charge is 0.254 e. The molecule has 0 atom stereocenters. The van der Waals surface area contributed by atoms with Crippen LogP contribution in [0.5, 0.6) is 0 Å². The molecule has 0 unspecified atom stereocenters. The fourth-order valence-corrected chi connectivity index (χ4v) is 5.07. The molecule has 0 spiro atoms. The van der Waals surface area contributed by atoms with Crippen molar-refractivity contribution in [1.29, 1.82) is 0 Å². The Morgan fingerprint density at radius 3 is 2.81 bits per heavy atom. The quantitative estimate of drug-likeness (QED) is 0.698. The summed E-state index contributed by atoms with van der Waals surface area (Å²) in [6.45, 7) is 5.89. The molecule has 3 aromatic rings. The van der Waals surface area contributed by atoms with Crippen LogP contribution in [-0.2, 0) is 19.4 Å². The molecular formula is C22H23N3OS. The van der Waals surface area contributed by atoms with E-state index < -0.39 is 0 Å². The van der Waals surface area contributed by atoms with Gasteiger partial charge in [0.1, 0.15) is 0 Å². The van der Waals surface area contributed by atoms with Crippen molar-refractivity contribution in [2.75, 3.05) is 19.6 Å². The molecule has 1 fully saturated rings. The van der Waals surface area contributed by atoms with Gasteiger partial charge in [0.25, 0.3) is 5.91 Å². The van der Waals surface area contributed by atoms with Crippen LogP contribution in [0, 0.1) is 0 Å². The van der Waals surface area contributed by atoms with Crippen molar-refractivity contribution < 1.29 is 4.79 Å². The average Bonchev–Trinajstić information content (AvgIpc) is 3.09. The summed E-state index contributed by atoms with van der Waals surface area (Å²) in [7, 11) is 0. The first-order valence-electron chi connectivity index (χ1n) is 9.71. The highest BCUT2D eigenvalue weighted by atomic mass is 32.1. The number of carbonyl (C=O) groups is 1. The number of carbonyl (C=O) groups excluding carboxylic acids is 1. The average molecular weight is 378 g/mol. The number of nitrogens with zero attached hydrogens (tertiary/aromatic N) is 3. The number of thiazole rings is 1. The van der Waals surface area contributed by atoms with Crippen molar-refractivity contribution in [3.8, 4) is 0 Å². The third-order valence-corrected chi connectivity index (χ3v) is 6.97. The molecule has 5 heteroatoms. The highest BCUT2D eigenvalue weighted by molar-refractivity contribution is 7.18. The van der Waals surface area contributed by atoms with Gasteiger partial charge in [-0.25, -0.2) is 4.98 Å². The molecule has 5 rings (SSSR count). The lowest BCUT2D eigenvalue weighted by Gasteiger charge is -2.47. The minimum absolute atomic E-state index is 0.150. The highest BCUT2D eigenvalue weighted by Crippen LogP contribution is 2.27. The summed E-state index contributed by atoms with van der Waals surface area (Å²) in [6.07, 6.45) is 2.05. The van der Waals surface area contributed by atoms with Gasteiger partial charge in [-0.1, -0.05) is 31.2 Å². The maximum atomic E-state index is 12.9. The number of hydrogen-bond donors (Lipinski definition) is 0. The zero-order valence-electron chi connectivity index (χ0n) is 15.5. The van der Waals surface area contributed by atoms with E-state index in [0.717, 1.165) is 59.8 Å². The lowest BCUT2D eigenvalue weighted by atomic mass is 9.96. The minimum Gasteiger partial charge on any atom is -0.335 e. The molecular weight excluding hydrogens is 354 g/mol. The predicted octanol–water partition coefficient (Wildman–Crippen LogP) is 3.74. The van der Waals surface area contributed by atoms with Gasteiger partial charge in [-0.15, -0.1) is 11.3 Å². The summed E-state index contributed by atoms with van der Waals surface area (Å²) in [5.74, 6) is 0.150. The first-order chi connectivity index (χ1) is 13.2. The third kappa shape index (κ3) is 3.05. The number of aromatic nitrogens is 1. The number of hydrogen-bond acceptors (Lipinski definition) is 4. The van der Waals surface area contributed by atoms with Crippen LogP contribution in [0.4, 0.5) is 0 Å². The van der Waals surface area contributed by atoms with E-state index in [9.17, 15) is 4.79 Å². The standard InChI is InChI=1S/C22H23N3OS/c1-2-21-23-19-8-7-16(11-20(19)27-21)22(26)25-13-18(14-25)24-10-9-15-5-3-4-6-17(15)12-24/h3-8,11,18H,2,9-10,12-14H2,1H3. The van der Waals surface area contributed by atoms with E-state index in [-0.39, 0.29) is 5.91 Å². The lowest BCUT2D eigenvalue weighted by molar-refractivity contribution is 0.0218. The van der Waals surface area contributed by atoms with E-state index >= 15 is 0 Å². The zero-order valence-corrected chi connectivity index (χ0v) is 16.3. The molecule has 27 heavy (non-hydrogen) atoms. The van der Waals surface area contributed by atoms with Gasteiger partial charge in [-0.3, -0.25) is 9.69 Å². The molecule has 0 bridgehead atoms. The van der Waals surface area contributed by atoms with E-state index in [1.165, 1.54) is 11.1 Å². The second kappa shape index (κ2) is 6.73. The fraction of sp³-hybridized carbons (Fsp3) is 0.364. The highest BCUT2D eigenvalue weighted by Gasteiger charge is 2.36. The second-order valence-electron chi connectivity index (χ2n) is 7.50. The third-order valence-electron chi connectivity index (χ3n) is 5.81. The normalized spacial score (nSPS) is 17.7. The molecule has 2 aliphatic rings. The Kier molecular flexibility index (Phi) is 4.21. The van der Waals surface area contributed by atoms with Crippen molar-refractivity contribution in [3.05, 3.63) is 64.2 Å². The van der Waals surface area contributed by atoms with Crippen LogP contribution in [0.15, 0.2) is 42.5 Å². The maximum absolute atomic E-state index is 12.9. The zero-order chi connectivity index (χ0) is 18.4. The summed E-state index contributed by atoms with van der Waals surface area (Å²) >= 11 is 1.69. The van der Waals surface area contributed by atoms with Crippen LogP contribution in [-0.4, -0.2) is 46.4 Å². The summed E-state index contributed by atoms with van der Waals surface area (Å²) < 4.78 is 1.11. The van der Waals surface area contributed by atoms with Gasteiger partial charge < -0.3 is 4.90 Å². The summed E-state index contributed by atoms with van der Waals surface area (Å²) in [5.41, 5.74) is 4.71. The van der Waals surface area contributed by atoms with Gasteiger partial charge in [0, 0.05) is 37.8 Å². The molecule has 1 amide bonds. The van der Waals surface area contributed by atoms with Crippen molar-refractivity contribution in [1.82, 2.24) is 14.8 Å². The Morgan fingerprint density at radius 2 is 2.00 bits per heavy atom. The molecule has 1 saturated heterocycles. The monoisotopic (exact) mass is 377 g/mol. The molecule has 138 valence electrons. The maximum Gasteiger partial charge on any atom is 0.254 e. The Morgan fingerprint density at radius 1 is 1.19 bits per heavy atom. The predicted molar refractivity (Wildman–Crippen MR) is 109 cm³/mol. The number of fused-ring (bicyclic) bond motifs is 2. The van der Waals surface area contributed by atoms with E-state index in [4.69, 9.17) is 0 Å². The Hall–Kier alpha value is -2.24. The molecule has 0 aliphatic carbocycles. The molecule has 2 aliphatic heterocycles. The van der Waals surface area contributed by atoms with Crippen molar-refractivity contribution in [2.45, 2.75) is 32.4 Å². The van der Waals surface area contributed by atoms with Crippen LogP contribution >= 0.6 is 11.3 Å². The van der Waals surface area contributed by atoms with Crippen molar-refractivity contribution in [3.63, 3.8) is 0 Å². The van der Waals surface area contributed by atoms with Gasteiger partial charge in [0.05, 0.1) is 15.2 Å². The van der Waals surface area contributed by atoms with Crippen molar-refractivity contribution >= 4 is 27.5 Å². The number of likely N-dealkylation sites (tertiary alicyclic amines) is 1. The SMILES string of the molecule is CCc1nc2ccc(C(=O)N3CC(N4CCc5ccccc5C4)C3)cc2s1. The van der Waals surface area contributed by atoms with Crippen LogP contribution in [0.25, 0.3) is 10.2 Å².